The monoisotopic (exact) mass is 433 g/mol. The number of hydrogen-bond acceptors (Lipinski definition) is 4. The van der Waals surface area contributed by atoms with Gasteiger partial charge in [-0.1, -0.05) is 29.8 Å². The van der Waals surface area contributed by atoms with Crippen molar-refractivity contribution in [2.45, 2.75) is 26.3 Å². The molecule has 1 aromatic heterocycles. The quantitative estimate of drug-likeness (QED) is 0.647. The van der Waals surface area contributed by atoms with E-state index in [1.807, 2.05) is 49.4 Å². The summed E-state index contributed by atoms with van der Waals surface area (Å²) < 4.78 is 1.47. The van der Waals surface area contributed by atoms with E-state index in [9.17, 15) is 14.4 Å². The maximum absolute atomic E-state index is 13.0. The van der Waals surface area contributed by atoms with Crippen molar-refractivity contribution in [2.24, 2.45) is 5.92 Å². The zero-order chi connectivity index (χ0) is 22.5. The lowest BCUT2D eigenvalue weighted by atomic mass is 9.98. The van der Waals surface area contributed by atoms with Gasteiger partial charge in [-0.15, -0.1) is 0 Å². The van der Waals surface area contributed by atoms with Crippen molar-refractivity contribution in [3.05, 3.63) is 70.6 Å². The molecule has 4 rings (SSSR count). The lowest BCUT2D eigenvalue weighted by molar-refractivity contribution is -0.133. The van der Waals surface area contributed by atoms with Gasteiger partial charge in [0.25, 0.3) is 5.56 Å². The van der Waals surface area contributed by atoms with E-state index in [4.69, 9.17) is 0 Å². The summed E-state index contributed by atoms with van der Waals surface area (Å²) in [6.07, 6.45) is 3.06. The summed E-state index contributed by atoms with van der Waals surface area (Å²) in [6, 6.07) is 14.6. The van der Waals surface area contributed by atoms with Gasteiger partial charge in [-0.3, -0.25) is 14.2 Å². The van der Waals surface area contributed by atoms with E-state index in [0.29, 0.717) is 30.7 Å². The van der Waals surface area contributed by atoms with Crippen molar-refractivity contribution in [3.63, 3.8) is 0 Å². The third-order valence-electron chi connectivity index (χ3n) is 5.78. The Morgan fingerprint density at radius 1 is 1.12 bits per heavy atom. The van der Waals surface area contributed by atoms with Gasteiger partial charge in [0.05, 0.1) is 17.2 Å². The van der Waals surface area contributed by atoms with E-state index in [2.05, 4.69) is 15.6 Å². The summed E-state index contributed by atoms with van der Waals surface area (Å²) in [4.78, 5) is 43.4. The van der Waals surface area contributed by atoms with Gasteiger partial charge < -0.3 is 15.5 Å². The second-order valence-corrected chi connectivity index (χ2v) is 8.22. The first-order valence-electron chi connectivity index (χ1n) is 10.8. The SMILES string of the molecule is Cc1ccc(NC(=O)NCC2CCCN(C(=O)Cn3c(=O)cnc4ccccc43)C2)cc1. The molecule has 2 N–H and O–H groups in total. The maximum Gasteiger partial charge on any atom is 0.319 e. The number of hydrogen-bond donors (Lipinski definition) is 2. The third-order valence-corrected chi connectivity index (χ3v) is 5.78. The second-order valence-electron chi connectivity index (χ2n) is 8.22. The Hall–Kier alpha value is -3.68. The molecule has 0 spiro atoms. The molecule has 8 heteroatoms. The van der Waals surface area contributed by atoms with Crippen molar-refractivity contribution in [2.75, 3.05) is 25.0 Å². The molecule has 1 unspecified atom stereocenters. The number of nitrogens with one attached hydrogen (secondary N) is 2. The second kappa shape index (κ2) is 9.64. The minimum atomic E-state index is -0.292. The number of piperidine rings is 1. The summed E-state index contributed by atoms with van der Waals surface area (Å²) in [5.41, 5.74) is 2.91. The van der Waals surface area contributed by atoms with Crippen LogP contribution in [0.25, 0.3) is 11.0 Å². The summed E-state index contributed by atoms with van der Waals surface area (Å²) in [5.74, 6) is 0.0691. The molecule has 2 heterocycles. The van der Waals surface area contributed by atoms with Crippen LogP contribution in [0.3, 0.4) is 0 Å². The van der Waals surface area contributed by atoms with Crippen molar-refractivity contribution in [1.82, 2.24) is 19.8 Å². The molecule has 0 aliphatic carbocycles. The Kier molecular flexibility index (Phi) is 6.49. The van der Waals surface area contributed by atoms with Crippen LogP contribution in [0.5, 0.6) is 0 Å². The maximum atomic E-state index is 13.0. The Bertz CT molecular complexity index is 1170. The first-order chi connectivity index (χ1) is 15.5. The summed E-state index contributed by atoms with van der Waals surface area (Å²) >= 11 is 0. The molecule has 1 aliphatic rings. The molecule has 0 bridgehead atoms. The Labute approximate surface area is 186 Å². The van der Waals surface area contributed by atoms with Gasteiger partial charge in [0, 0.05) is 25.3 Å². The van der Waals surface area contributed by atoms with E-state index >= 15 is 0 Å². The smallest absolute Gasteiger partial charge is 0.319 e. The lowest BCUT2D eigenvalue weighted by Crippen LogP contribution is -2.46. The highest BCUT2D eigenvalue weighted by atomic mass is 16.2. The van der Waals surface area contributed by atoms with Crippen LogP contribution in [0, 0.1) is 12.8 Å². The first kappa shape index (κ1) is 21.5. The number of carbonyl (C=O) groups is 2. The highest BCUT2D eigenvalue weighted by molar-refractivity contribution is 5.89. The number of aryl methyl sites for hydroxylation is 1. The number of anilines is 1. The van der Waals surface area contributed by atoms with Crippen molar-refractivity contribution in [3.8, 4) is 0 Å². The van der Waals surface area contributed by atoms with Crippen LogP contribution in [0.4, 0.5) is 10.5 Å². The molecule has 0 radical (unpaired) electrons. The summed E-state index contributed by atoms with van der Waals surface area (Å²) in [7, 11) is 0. The van der Waals surface area contributed by atoms with Crippen molar-refractivity contribution < 1.29 is 9.59 Å². The minimum Gasteiger partial charge on any atom is -0.341 e. The van der Waals surface area contributed by atoms with E-state index < -0.39 is 0 Å². The van der Waals surface area contributed by atoms with Crippen LogP contribution >= 0.6 is 0 Å². The van der Waals surface area contributed by atoms with Crippen LogP contribution in [-0.2, 0) is 11.3 Å². The molecule has 0 saturated carbocycles. The van der Waals surface area contributed by atoms with Gasteiger partial charge in [-0.05, 0) is 49.9 Å². The Morgan fingerprint density at radius 3 is 2.72 bits per heavy atom. The van der Waals surface area contributed by atoms with Gasteiger partial charge in [0.15, 0.2) is 0 Å². The van der Waals surface area contributed by atoms with Gasteiger partial charge in [0.2, 0.25) is 5.91 Å². The van der Waals surface area contributed by atoms with Crippen LogP contribution in [0.15, 0.2) is 59.5 Å². The number of nitrogens with zero attached hydrogens (tertiary/aromatic N) is 3. The van der Waals surface area contributed by atoms with Crippen LogP contribution in [-0.4, -0.2) is 46.0 Å². The zero-order valence-corrected chi connectivity index (χ0v) is 18.1. The topological polar surface area (TPSA) is 96.3 Å². The molecule has 1 saturated heterocycles. The fraction of sp³-hybridized carbons (Fsp3) is 0.333. The summed E-state index contributed by atoms with van der Waals surface area (Å²) in [6.45, 7) is 3.67. The average molecular weight is 434 g/mol. The van der Waals surface area contributed by atoms with Crippen molar-refractivity contribution in [1.29, 1.82) is 0 Å². The number of amides is 3. The molecule has 3 aromatic rings. The van der Waals surface area contributed by atoms with E-state index in [1.54, 1.807) is 11.0 Å². The number of fused-ring (bicyclic) bond motifs is 1. The molecule has 166 valence electrons. The van der Waals surface area contributed by atoms with Gasteiger partial charge in [-0.25, -0.2) is 9.78 Å². The number of benzene rings is 2. The number of urea groups is 1. The largest absolute Gasteiger partial charge is 0.341 e. The summed E-state index contributed by atoms with van der Waals surface area (Å²) in [5, 5.41) is 5.73. The third kappa shape index (κ3) is 5.14. The fourth-order valence-corrected chi connectivity index (χ4v) is 4.02. The lowest BCUT2D eigenvalue weighted by Gasteiger charge is -2.33. The fourth-order valence-electron chi connectivity index (χ4n) is 4.02. The molecule has 1 aliphatic heterocycles. The van der Waals surface area contributed by atoms with Crippen LogP contribution in [0.1, 0.15) is 18.4 Å². The number of para-hydroxylation sites is 2. The number of aromatic nitrogens is 2. The Balaban J connectivity index is 1.33. The number of likely N-dealkylation sites (tertiary alicyclic amines) is 1. The molecule has 32 heavy (non-hydrogen) atoms. The highest BCUT2D eigenvalue weighted by Gasteiger charge is 2.24. The number of carbonyl (C=O) groups excluding carboxylic acids is 2. The predicted octanol–water partition coefficient (Wildman–Crippen LogP) is 2.77. The van der Waals surface area contributed by atoms with E-state index in [-0.39, 0.29) is 30.0 Å². The molecular formula is C24H27N5O3. The van der Waals surface area contributed by atoms with Gasteiger partial charge >= 0.3 is 6.03 Å². The average Bonchev–Trinajstić information content (AvgIpc) is 2.81. The van der Waals surface area contributed by atoms with Gasteiger partial charge in [-0.2, -0.15) is 0 Å². The molecule has 8 nitrogen and oxygen atoms in total. The standard InChI is InChI=1S/C24H27N5O3/c1-17-8-10-19(11-9-17)27-24(32)26-13-18-5-4-12-28(15-18)23(31)16-29-21-7-3-2-6-20(21)25-14-22(29)30/h2-3,6-11,14,18H,4-5,12-13,15-16H2,1H3,(H2,26,27,32). The molecule has 3 amide bonds. The van der Waals surface area contributed by atoms with Crippen molar-refractivity contribution >= 4 is 28.7 Å². The number of rotatable bonds is 5. The normalized spacial score (nSPS) is 16.0. The zero-order valence-electron chi connectivity index (χ0n) is 18.1. The molecule has 2 aromatic carbocycles. The van der Waals surface area contributed by atoms with E-state index in [1.165, 1.54) is 10.8 Å². The van der Waals surface area contributed by atoms with Crippen LogP contribution < -0.4 is 16.2 Å². The predicted molar refractivity (Wildman–Crippen MR) is 124 cm³/mol. The first-order valence-corrected chi connectivity index (χ1v) is 10.8. The van der Waals surface area contributed by atoms with Gasteiger partial charge in [0.1, 0.15) is 6.54 Å². The van der Waals surface area contributed by atoms with Crippen LogP contribution in [0.2, 0.25) is 0 Å². The molecule has 1 fully saturated rings. The van der Waals surface area contributed by atoms with E-state index in [0.717, 1.165) is 24.1 Å². The minimum absolute atomic E-state index is 0.0179. The molecule has 1 atom stereocenters. The highest BCUT2D eigenvalue weighted by Crippen LogP contribution is 2.17. The molecular weight excluding hydrogens is 406 g/mol. The Morgan fingerprint density at radius 2 is 1.91 bits per heavy atom.